The lowest BCUT2D eigenvalue weighted by molar-refractivity contribution is -0.137. The van der Waals surface area contributed by atoms with Crippen LogP contribution in [0.25, 0.3) is 0 Å². The molecule has 89 heavy (non-hydrogen) atoms. The molecule has 12 nitrogen and oxygen atoms in total. The highest BCUT2D eigenvalue weighted by Crippen LogP contribution is 2.29. The fourth-order valence-electron chi connectivity index (χ4n) is 7.26. The van der Waals surface area contributed by atoms with Crippen LogP contribution in [-0.4, -0.2) is 105 Å². The molecule has 0 amide bonds. The van der Waals surface area contributed by atoms with Crippen molar-refractivity contribution in [2.75, 3.05) is 32.7 Å². The highest BCUT2D eigenvalue weighted by atomic mass is 19.4. The predicted molar refractivity (Wildman–Crippen MR) is 375 cm³/mol. The number of Topliss-reactive ketones (excluding diaryl/α,β-unsaturated/α-hetero) is 1. The number of benzene rings is 2. The van der Waals surface area contributed by atoms with Gasteiger partial charge in [0.15, 0.2) is 0 Å². The van der Waals surface area contributed by atoms with Gasteiger partial charge >= 0.3 is 6.18 Å². The molecular weight excluding hydrogens is 1120 g/mol. The van der Waals surface area contributed by atoms with Gasteiger partial charge in [0.1, 0.15) is 5.78 Å². The smallest absolute Gasteiger partial charge is 0.393 e. The van der Waals surface area contributed by atoms with Gasteiger partial charge < -0.3 is 46.5 Å². The third-order valence-electron chi connectivity index (χ3n) is 13.6. The first-order valence-electron chi connectivity index (χ1n) is 32.9. The Morgan fingerprint density at radius 1 is 0.584 bits per heavy atom. The molecule has 15 heteroatoms. The van der Waals surface area contributed by atoms with Gasteiger partial charge in [0.2, 0.25) is 0 Å². The highest BCUT2D eigenvalue weighted by Gasteiger charge is 2.31. The van der Waals surface area contributed by atoms with Gasteiger partial charge in [0, 0.05) is 151 Å². The molecule has 5 aromatic rings. The van der Waals surface area contributed by atoms with Crippen LogP contribution in [0.3, 0.4) is 0 Å². The molecule has 0 radical (unpaired) electrons. The minimum Gasteiger partial charge on any atom is -0.393 e. The number of nitrogens with one attached hydrogen (secondary N) is 6. The number of allylic oxidation sites excluding steroid dienone is 1. The maximum atomic E-state index is 12.2. The summed E-state index contributed by atoms with van der Waals surface area (Å²) in [6.45, 7) is 57.0. The zero-order valence-electron chi connectivity index (χ0n) is 59.5. The molecule has 0 unspecified atom stereocenters. The molecule has 0 saturated carbocycles. The van der Waals surface area contributed by atoms with Crippen LogP contribution < -0.4 is 31.9 Å². The van der Waals surface area contributed by atoms with E-state index in [1.54, 1.807) is 6.20 Å². The van der Waals surface area contributed by atoms with Crippen molar-refractivity contribution in [2.45, 2.75) is 252 Å². The topological polar surface area (TPSA) is 143 Å². The number of hydrogen-bond donors (Lipinski definition) is 7. The molecule has 0 bridgehead atoms. The molecule has 7 N–H and O–H groups in total. The Morgan fingerprint density at radius 3 is 1.30 bits per heavy atom. The number of piperidine rings is 1. The second-order valence-corrected chi connectivity index (χ2v) is 25.4. The number of nitrogens with zero attached hydrogens (tertiary/aromatic N) is 4. The Labute approximate surface area is 541 Å². The van der Waals surface area contributed by atoms with Gasteiger partial charge in [-0.25, -0.2) is 0 Å². The summed E-state index contributed by atoms with van der Waals surface area (Å²) < 4.78 is 38.2. The first-order valence-corrected chi connectivity index (χ1v) is 32.9. The van der Waals surface area contributed by atoms with Crippen LogP contribution >= 0.6 is 0 Å². The van der Waals surface area contributed by atoms with Gasteiger partial charge in [0.05, 0.1) is 11.7 Å². The van der Waals surface area contributed by atoms with E-state index in [1.807, 2.05) is 60.0 Å². The molecule has 2 aromatic carbocycles. The van der Waals surface area contributed by atoms with Crippen molar-refractivity contribution in [2.24, 2.45) is 11.8 Å². The summed E-state index contributed by atoms with van der Waals surface area (Å²) in [5.74, 6) is 1.23. The Kier molecular flexibility index (Phi) is 49.8. The summed E-state index contributed by atoms with van der Waals surface area (Å²) in [6, 6.07) is 29.8. The van der Waals surface area contributed by atoms with Gasteiger partial charge in [-0.1, -0.05) is 209 Å². The highest BCUT2D eigenvalue weighted by molar-refractivity contribution is 5.79. The molecule has 1 saturated heterocycles. The van der Waals surface area contributed by atoms with E-state index in [9.17, 15) is 23.1 Å². The van der Waals surface area contributed by atoms with Crippen LogP contribution in [-0.2, 0) is 50.1 Å². The van der Waals surface area contributed by atoms with Gasteiger partial charge in [0.25, 0.3) is 0 Å². The van der Waals surface area contributed by atoms with Crippen LogP contribution in [0, 0.1) is 25.7 Å². The Hall–Kier alpha value is -5.10. The molecule has 1 aliphatic rings. The van der Waals surface area contributed by atoms with Crippen LogP contribution in [0.15, 0.2) is 122 Å². The van der Waals surface area contributed by atoms with Crippen molar-refractivity contribution in [3.63, 3.8) is 0 Å². The number of aliphatic hydroxyl groups excluding tert-OH is 1. The molecule has 1 aliphatic heterocycles. The second-order valence-electron chi connectivity index (χ2n) is 25.4. The van der Waals surface area contributed by atoms with E-state index in [0.717, 1.165) is 89.6 Å². The number of aryl methyl sites for hydroxylation is 3. The molecule has 0 aliphatic carbocycles. The number of carbonyl (C=O) groups excluding carboxylic acids is 1. The molecule has 4 heterocycles. The number of ketones is 1. The molecule has 1 fully saturated rings. The van der Waals surface area contributed by atoms with Gasteiger partial charge in [-0.05, 0) is 86.4 Å². The van der Waals surface area contributed by atoms with Crippen molar-refractivity contribution in [3.8, 4) is 0 Å². The maximum Gasteiger partial charge on any atom is 0.417 e. The summed E-state index contributed by atoms with van der Waals surface area (Å²) in [5, 5.41) is 29.3. The molecule has 6 rings (SSSR count). The van der Waals surface area contributed by atoms with E-state index >= 15 is 0 Å². The average Bonchev–Trinajstić information content (AvgIpc) is 4.05. The monoisotopic (exact) mass is 1250 g/mol. The predicted octanol–water partition coefficient (Wildman–Crippen LogP) is 15.5. The van der Waals surface area contributed by atoms with E-state index in [-0.39, 0.29) is 12.0 Å². The molecule has 0 atom stereocenters. The summed E-state index contributed by atoms with van der Waals surface area (Å²) in [5.41, 5.74) is 9.68. The Morgan fingerprint density at radius 2 is 0.989 bits per heavy atom. The maximum absolute atomic E-state index is 12.2. The quantitative estimate of drug-likeness (QED) is 0.0297. The van der Waals surface area contributed by atoms with E-state index in [0.29, 0.717) is 67.5 Å². The van der Waals surface area contributed by atoms with E-state index < -0.39 is 11.7 Å². The largest absolute Gasteiger partial charge is 0.417 e. The lowest BCUT2D eigenvalue weighted by Gasteiger charge is -2.29. The minimum atomic E-state index is -4.24. The number of aromatic nitrogens is 3. The van der Waals surface area contributed by atoms with Gasteiger partial charge in [-0.3, -0.25) is 14.8 Å². The van der Waals surface area contributed by atoms with Crippen molar-refractivity contribution >= 4 is 5.78 Å². The zero-order valence-corrected chi connectivity index (χ0v) is 59.5. The lowest BCUT2D eigenvalue weighted by Crippen LogP contribution is -2.40. The number of likely N-dealkylation sites (tertiary alicyclic amines) is 1. The second kappa shape index (κ2) is 51.5. The number of halogens is 3. The lowest BCUT2D eigenvalue weighted by atomic mass is 10.1. The van der Waals surface area contributed by atoms with Crippen LogP contribution in [0.4, 0.5) is 13.2 Å². The fourth-order valence-corrected chi connectivity index (χ4v) is 7.26. The van der Waals surface area contributed by atoms with Crippen LogP contribution in [0.2, 0.25) is 0 Å². The van der Waals surface area contributed by atoms with Gasteiger partial charge in [-0.2, -0.15) is 13.2 Å². The summed E-state index contributed by atoms with van der Waals surface area (Å²) >= 11 is 0. The van der Waals surface area contributed by atoms with E-state index in [4.69, 9.17) is 0 Å². The van der Waals surface area contributed by atoms with Gasteiger partial charge in [-0.15, -0.1) is 0 Å². The number of alkyl halides is 3. The first-order chi connectivity index (χ1) is 41.8. The first kappa shape index (κ1) is 86.0. The zero-order chi connectivity index (χ0) is 67.9. The third kappa shape index (κ3) is 52.3. The SMILES string of the molecule is C=C(C)C(C)C.CC(C)NCCN1CCC(O)CC1.CC(C)NCCn1ccc(C(F)(F)F)c1.CC(C)NCc1cccnc1.CCC(=O)C(C)C.CCc1ccc(CNC(C)C)cn1.Cc1ccc(CNC(C)C)cc1.Cc1ccc(CNC(C)C)cc1. The van der Waals surface area contributed by atoms with E-state index in [2.05, 4.69) is 224 Å². The summed E-state index contributed by atoms with van der Waals surface area (Å²) in [7, 11) is 0. The van der Waals surface area contributed by atoms with Crippen molar-refractivity contribution in [1.82, 2.24) is 51.3 Å². The number of carbonyl (C=O) groups is 1. The molecular formula is C74H127F3N10O2. The minimum absolute atomic E-state index is 0.0469. The van der Waals surface area contributed by atoms with Crippen molar-refractivity contribution in [1.29, 1.82) is 0 Å². The third-order valence-corrected chi connectivity index (χ3v) is 13.6. The fraction of sp³-hybridized carbons (Fsp3) is 0.608. The number of rotatable bonds is 24. The molecule has 3 aromatic heterocycles. The Bertz CT molecular complexity index is 2380. The van der Waals surface area contributed by atoms with Crippen LogP contribution in [0.1, 0.15) is 195 Å². The van der Waals surface area contributed by atoms with Crippen molar-refractivity contribution in [3.05, 3.63) is 167 Å². The summed E-state index contributed by atoms with van der Waals surface area (Å²) in [4.78, 5) is 21.3. The standard InChI is InChI=1S/C11H18N2.2C11H17N.C10H15F3N2.C10H22N2O.C9H14N2.C6H12O.C6H12/c1-4-11-6-5-10(8-13-11)7-12-9(2)3;2*1-9(2)12-8-11-6-4-10(3)5-7-11;1-8(2)14-4-6-15-5-3-9(7-15)10(11,12)13;1-9(2)11-5-8-12-6-3-10(13)4-7-12;1-8(2)11-7-9-4-3-5-10-6-9;1-4-6(7)5(2)3;1-5(2)6(3)4/h5-6,8-9,12H,4,7H2,1-3H3;2*4-7,9,12H,8H2,1-3H3;3,5,7-8,14H,4,6H2,1-2H3;9-11,13H,3-8H2,1-2H3;3-6,8,11H,7H2,1-2H3;5H,4H2,1-3H3;6H,1H2,2-4H3. The normalized spacial score (nSPS) is 12.3. The molecule has 506 valence electrons. The number of hydrogen-bond acceptors (Lipinski definition) is 11. The van der Waals surface area contributed by atoms with Crippen molar-refractivity contribution < 1.29 is 23.1 Å². The number of pyridine rings is 2. The van der Waals surface area contributed by atoms with Crippen LogP contribution in [0.5, 0.6) is 0 Å². The Balaban J connectivity index is 0. The van der Waals surface area contributed by atoms with E-state index in [1.165, 1.54) is 49.7 Å². The average molecular weight is 1250 g/mol. The number of aliphatic hydroxyl groups is 1. The molecule has 0 spiro atoms. The summed E-state index contributed by atoms with van der Waals surface area (Å²) in [6.07, 6.45) is 7.50.